The van der Waals surface area contributed by atoms with Crippen molar-refractivity contribution in [3.8, 4) is 5.75 Å². The molecule has 0 saturated heterocycles. The van der Waals surface area contributed by atoms with Gasteiger partial charge >= 0.3 is 0 Å². The summed E-state index contributed by atoms with van der Waals surface area (Å²) in [7, 11) is 0. The van der Waals surface area contributed by atoms with Gasteiger partial charge in [-0.2, -0.15) is 0 Å². The van der Waals surface area contributed by atoms with E-state index in [0.29, 0.717) is 28.6 Å². The highest BCUT2D eigenvalue weighted by Crippen LogP contribution is 2.31. The van der Waals surface area contributed by atoms with Crippen molar-refractivity contribution in [2.75, 3.05) is 11.9 Å². The van der Waals surface area contributed by atoms with Crippen LogP contribution in [0.2, 0.25) is 0 Å². The van der Waals surface area contributed by atoms with Crippen LogP contribution in [0, 0.1) is 13.8 Å². The minimum Gasteiger partial charge on any atom is -0.494 e. The summed E-state index contributed by atoms with van der Waals surface area (Å²) in [4.78, 5) is 17.5. The summed E-state index contributed by atoms with van der Waals surface area (Å²) >= 11 is 1.47. The smallest absolute Gasteiger partial charge is 0.261 e. The van der Waals surface area contributed by atoms with E-state index in [-0.39, 0.29) is 5.91 Å². The largest absolute Gasteiger partial charge is 0.494 e. The van der Waals surface area contributed by atoms with E-state index < -0.39 is 0 Å². The monoisotopic (exact) mass is 394 g/mol. The van der Waals surface area contributed by atoms with Crippen LogP contribution >= 0.6 is 11.3 Å². The van der Waals surface area contributed by atoms with Crippen LogP contribution in [-0.2, 0) is 0 Å². The molecule has 1 amide bonds. The second-order valence-corrected chi connectivity index (χ2v) is 7.87. The maximum atomic E-state index is 13.0. The molecule has 2 aromatic carbocycles. The van der Waals surface area contributed by atoms with E-state index in [1.165, 1.54) is 16.9 Å². The molecule has 6 heteroatoms. The number of amides is 1. The van der Waals surface area contributed by atoms with Crippen molar-refractivity contribution in [1.82, 2.24) is 4.98 Å². The summed E-state index contributed by atoms with van der Waals surface area (Å²) < 4.78 is 12.6. The minimum atomic E-state index is -0.224. The van der Waals surface area contributed by atoms with E-state index >= 15 is 0 Å². The van der Waals surface area contributed by atoms with Gasteiger partial charge in [-0.05, 0) is 56.2 Å². The number of nitrogens with zero attached hydrogens (tertiary/aromatic N) is 1. The first-order valence-corrected chi connectivity index (χ1v) is 10.2. The number of unbranched alkanes of at least 4 members (excludes halogenated alkanes) is 1. The van der Waals surface area contributed by atoms with Crippen LogP contribution in [0.15, 0.2) is 40.8 Å². The van der Waals surface area contributed by atoms with E-state index in [1.807, 2.05) is 37.3 Å². The molecule has 4 aromatic rings. The zero-order valence-corrected chi connectivity index (χ0v) is 17.0. The van der Waals surface area contributed by atoms with Crippen LogP contribution in [0.4, 0.5) is 5.13 Å². The molecule has 2 aromatic heterocycles. The molecule has 0 aliphatic carbocycles. The fourth-order valence-corrected chi connectivity index (χ4v) is 4.11. The van der Waals surface area contributed by atoms with Gasteiger partial charge in [-0.15, -0.1) is 0 Å². The predicted molar refractivity (Wildman–Crippen MR) is 114 cm³/mol. The highest BCUT2D eigenvalue weighted by atomic mass is 32.1. The highest BCUT2D eigenvalue weighted by molar-refractivity contribution is 7.22. The number of hydrogen-bond donors (Lipinski definition) is 1. The number of aromatic nitrogens is 1. The van der Waals surface area contributed by atoms with Crippen molar-refractivity contribution in [1.29, 1.82) is 0 Å². The van der Waals surface area contributed by atoms with Crippen LogP contribution in [0.25, 0.3) is 21.2 Å². The standard InChI is InChI=1S/C22H22N2O3S/c1-4-5-10-26-15-7-9-18-16(12-15)20(14(3)27-18)21(25)24-22-23-17-8-6-13(2)11-19(17)28-22/h6-9,11-12H,4-5,10H2,1-3H3,(H,23,24,25). The summed E-state index contributed by atoms with van der Waals surface area (Å²) in [6.45, 7) is 6.62. The average molecular weight is 394 g/mol. The maximum Gasteiger partial charge on any atom is 0.261 e. The van der Waals surface area contributed by atoms with Crippen molar-refractivity contribution >= 4 is 43.6 Å². The highest BCUT2D eigenvalue weighted by Gasteiger charge is 2.20. The number of carbonyl (C=O) groups is 1. The van der Waals surface area contributed by atoms with E-state index in [9.17, 15) is 4.79 Å². The summed E-state index contributed by atoms with van der Waals surface area (Å²) in [5, 5.41) is 4.25. The second-order valence-electron chi connectivity index (χ2n) is 6.84. The lowest BCUT2D eigenvalue weighted by atomic mass is 10.1. The molecule has 1 N–H and O–H groups in total. The molecular weight excluding hydrogens is 372 g/mol. The SMILES string of the molecule is CCCCOc1ccc2oc(C)c(C(=O)Nc3nc4ccc(C)cc4s3)c2c1. The van der Waals surface area contributed by atoms with Crippen LogP contribution in [-0.4, -0.2) is 17.5 Å². The molecule has 2 heterocycles. The van der Waals surface area contributed by atoms with Crippen molar-refractivity contribution in [2.24, 2.45) is 0 Å². The number of anilines is 1. The molecule has 4 rings (SSSR count). The molecule has 0 radical (unpaired) electrons. The zero-order valence-electron chi connectivity index (χ0n) is 16.2. The average Bonchev–Trinajstić information content (AvgIpc) is 3.20. The normalized spacial score (nSPS) is 11.2. The Labute approximate surface area is 167 Å². The molecule has 0 bridgehead atoms. The third kappa shape index (κ3) is 3.60. The number of aryl methyl sites for hydroxylation is 2. The van der Waals surface area contributed by atoms with Gasteiger partial charge in [-0.3, -0.25) is 10.1 Å². The van der Waals surface area contributed by atoms with Crippen LogP contribution in [0.1, 0.15) is 41.4 Å². The van der Waals surface area contributed by atoms with Crippen molar-refractivity contribution in [2.45, 2.75) is 33.6 Å². The zero-order chi connectivity index (χ0) is 19.7. The molecule has 5 nitrogen and oxygen atoms in total. The Balaban J connectivity index is 1.63. The number of furan rings is 1. The second kappa shape index (κ2) is 7.64. The first-order valence-electron chi connectivity index (χ1n) is 9.39. The molecule has 0 aliphatic heterocycles. The molecule has 28 heavy (non-hydrogen) atoms. The van der Waals surface area contributed by atoms with Crippen LogP contribution in [0.3, 0.4) is 0 Å². The lowest BCUT2D eigenvalue weighted by Crippen LogP contribution is -2.12. The quantitative estimate of drug-likeness (QED) is 0.402. The van der Waals surface area contributed by atoms with Gasteiger partial charge in [0.05, 0.1) is 22.4 Å². The van der Waals surface area contributed by atoms with E-state index in [4.69, 9.17) is 9.15 Å². The third-order valence-corrected chi connectivity index (χ3v) is 5.53. The van der Waals surface area contributed by atoms with Gasteiger partial charge in [0.2, 0.25) is 0 Å². The summed E-state index contributed by atoms with van der Waals surface area (Å²) in [6.07, 6.45) is 2.06. The fourth-order valence-electron chi connectivity index (χ4n) is 3.15. The Hall–Kier alpha value is -2.86. The van der Waals surface area contributed by atoms with Gasteiger partial charge in [0.25, 0.3) is 5.91 Å². The Bertz CT molecular complexity index is 1160. The molecular formula is C22H22N2O3S. The van der Waals surface area contributed by atoms with Gasteiger partial charge in [-0.25, -0.2) is 4.98 Å². The number of ether oxygens (including phenoxy) is 1. The number of rotatable bonds is 6. The molecule has 0 spiro atoms. The van der Waals surface area contributed by atoms with E-state index in [2.05, 4.69) is 23.3 Å². The number of nitrogens with one attached hydrogen (secondary N) is 1. The number of thiazole rings is 1. The summed E-state index contributed by atoms with van der Waals surface area (Å²) in [5.74, 6) is 1.10. The molecule has 144 valence electrons. The predicted octanol–water partition coefficient (Wildman–Crippen LogP) is 6.09. The molecule has 0 aliphatic rings. The van der Waals surface area contributed by atoms with Gasteiger partial charge in [0.1, 0.15) is 17.1 Å². The summed E-state index contributed by atoms with van der Waals surface area (Å²) in [6, 6.07) is 11.6. The van der Waals surface area contributed by atoms with E-state index in [0.717, 1.165) is 34.2 Å². The fraction of sp³-hybridized carbons (Fsp3) is 0.273. The van der Waals surface area contributed by atoms with Crippen LogP contribution in [0.5, 0.6) is 5.75 Å². The first kappa shape index (κ1) is 18.5. The molecule has 0 fully saturated rings. The van der Waals surface area contributed by atoms with Crippen LogP contribution < -0.4 is 10.1 Å². The lowest BCUT2D eigenvalue weighted by Gasteiger charge is -2.05. The van der Waals surface area contributed by atoms with Crippen molar-refractivity contribution in [3.05, 3.63) is 53.3 Å². The summed E-state index contributed by atoms with van der Waals surface area (Å²) in [5.41, 5.74) is 3.24. The lowest BCUT2D eigenvalue weighted by molar-refractivity contribution is 0.102. The molecule has 0 unspecified atom stereocenters. The third-order valence-electron chi connectivity index (χ3n) is 4.59. The van der Waals surface area contributed by atoms with Gasteiger partial charge in [-0.1, -0.05) is 30.7 Å². The number of carbonyl (C=O) groups excluding carboxylic acids is 1. The van der Waals surface area contributed by atoms with Crippen molar-refractivity contribution in [3.63, 3.8) is 0 Å². The van der Waals surface area contributed by atoms with Gasteiger partial charge in [0, 0.05) is 5.39 Å². The number of benzene rings is 2. The van der Waals surface area contributed by atoms with Gasteiger partial charge in [0.15, 0.2) is 5.13 Å². The minimum absolute atomic E-state index is 0.224. The number of fused-ring (bicyclic) bond motifs is 2. The molecule has 0 atom stereocenters. The number of hydrogen-bond acceptors (Lipinski definition) is 5. The molecule has 0 saturated carbocycles. The Morgan fingerprint density at radius 1 is 1.21 bits per heavy atom. The Morgan fingerprint density at radius 2 is 2.07 bits per heavy atom. The Morgan fingerprint density at radius 3 is 2.89 bits per heavy atom. The van der Waals surface area contributed by atoms with Gasteiger partial charge < -0.3 is 9.15 Å². The van der Waals surface area contributed by atoms with E-state index in [1.54, 1.807) is 6.92 Å². The topological polar surface area (TPSA) is 64.4 Å². The Kier molecular flexibility index (Phi) is 5.05. The van der Waals surface area contributed by atoms with Crippen molar-refractivity contribution < 1.29 is 13.9 Å². The maximum absolute atomic E-state index is 13.0. The first-order chi connectivity index (χ1) is 13.5.